The molecule has 0 saturated heterocycles. The molecule has 1 rings (SSSR count). The lowest BCUT2D eigenvalue weighted by atomic mass is 10.0. The van der Waals surface area contributed by atoms with E-state index in [1.165, 1.54) is 13.8 Å². The lowest BCUT2D eigenvalue weighted by molar-refractivity contribution is 0.0676. The van der Waals surface area contributed by atoms with Crippen molar-refractivity contribution in [1.29, 1.82) is 5.26 Å². The molecule has 1 aromatic heterocycles. The summed E-state index contributed by atoms with van der Waals surface area (Å²) in [4.78, 5) is 16.4. The number of hydrogen-bond acceptors (Lipinski definition) is 4. The molecular weight excluding hydrogens is 186 g/mol. The first-order chi connectivity index (χ1) is 6.36. The second-order valence-electron chi connectivity index (χ2n) is 3.28. The summed E-state index contributed by atoms with van der Waals surface area (Å²) in [5.41, 5.74) is -1.31. The fourth-order valence-electron chi connectivity index (χ4n) is 0.998. The smallest absolute Gasteiger partial charge is 0.371 e. The fraction of sp³-hybridized carbons (Fsp3) is 0.375. The van der Waals surface area contributed by atoms with Gasteiger partial charge in [-0.25, -0.2) is 9.78 Å². The number of aliphatic hydroxyl groups is 1. The Hall–Kier alpha value is -1.87. The molecule has 0 amide bonds. The van der Waals surface area contributed by atoms with Gasteiger partial charge in [0.1, 0.15) is 11.7 Å². The highest BCUT2D eigenvalue weighted by Gasteiger charge is 2.26. The number of hydrogen-bond donors (Lipinski definition) is 3. The van der Waals surface area contributed by atoms with Gasteiger partial charge in [-0.3, -0.25) is 0 Å². The summed E-state index contributed by atoms with van der Waals surface area (Å²) in [5.74, 6) is -1.62. The van der Waals surface area contributed by atoms with Crippen LogP contribution in [-0.2, 0) is 5.60 Å². The quantitative estimate of drug-likeness (QED) is 0.624. The van der Waals surface area contributed by atoms with E-state index in [9.17, 15) is 9.90 Å². The number of carboxylic acid groups (broad SMARTS) is 1. The van der Waals surface area contributed by atoms with Crippen molar-refractivity contribution in [3.05, 3.63) is 17.2 Å². The standard InChI is InChI=1S/C8H9N3O3/c1-8(2,14)5-4(3-9)10-6(11-5)7(12)13/h14H,1-2H3,(H,10,11)(H,12,13). The van der Waals surface area contributed by atoms with E-state index in [2.05, 4.69) is 9.97 Å². The van der Waals surface area contributed by atoms with Crippen LogP contribution in [0.4, 0.5) is 0 Å². The Morgan fingerprint density at radius 3 is 2.50 bits per heavy atom. The van der Waals surface area contributed by atoms with Crippen molar-refractivity contribution in [2.75, 3.05) is 0 Å². The number of aromatic nitrogens is 2. The van der Waals surface area contributed by atoms with E-state index in [1.54, 1.807) is 6.07 Å². The van der Waals surface area contributed by atoms with Gasteiger partial charge in [0.25, 0.3) is 0 Å². The number of rotatable bonds is 2. The number of carbonyl (C=O) groups is 1. The van der Waals surface area contributed by atoms with Crippen molar-refractivity contribution in [2.45, 2.75) is 19.4 Å². The van der Waals surface area contributed by atoms with Gasteiger partial charge in [-0.05, 0) is 13.8 Å². The molecule has 14 heavy (non-hydrogen) atoms. The minimum atomic E-state index is -1.31. The van der Waals surface area contributed by atoms with Gasteiger partial charge in [-0.1, -0.05) is 0 Å². The van der Waals surface area contributed by atoms with Gasteiger partial charge >= 0.3 is 5.97 Å². The Morgan fingerprint density at radius 2 is 2.21 bits per heavy atom. The molecule has 0 aliphatic rings. The molecule has 6 nitrogen and oxygen atoms in total. The van der Waals surface area contributed by atoms with Crippen LogP contribution < -0.4 is 0 Å². The predicted molar refractivity (Wildman–Crippen MR) is 45.5 cm³/mol. The van der Waals surface area contributed by atoms with E-state index < -0.39 is 11.6 Å². The molecule has 0 aliphatic carbocycles. The van der Waals surface area contributed by atoms with E-state index in [4.69, 9.17) is 10.4 Å². The minimum Gasteiger partial charge on any atom is -0.475 e. The molecule has 1 heterocycles. The molecule has 0 saturated carbocycles. The van der Waals surface area contributed by atoms with Crippen LogP contribution in [0.15, 0.2) is 0 Å². The van der Waals surface area contributed by atoms with E-state index in [-0.39, 0.29) is 17.2 Å². The van der Waals surface area contributed by atoms with Crippen LogP contribution in [-0.4, -0.2) is 26.2 Å². The van der Waals surface area contributed by atoms with Gasteiger partial charge in [-0.15, -0.1) is 0 Å². The van der Waals surface area contributed by atoms with Crippen LogP contribution in [0, 0.1) is 11.3 Å². The lowest BCUT2D eigenvalue weighted by Crippen LogP contribution is -2.17. The Bertz CT molecular complexity index is 408. The molecule has 3 N–H and O–H groups in total. The maximum atomic E-state index is 10.5. The summed E-state index contributed by atoms with van der Waals surface area (Å²) >= 11 is 0. The normalized spacial score (nSPS) is 11.0. The lowest BCUT2D eigenvalue weighted by Gasteiger charge is -2.14. The van der Waals surface area contributed by atoms with E-state index in [1.807, 2.05) is 0 Å². The number of H-pyrrole nitrogens is 1. The van der Waals surface area contributed by atoms with Crippen LogP contribution >= 0.6 is 0 Å². The van der Waals surface area contributed by atoms with Crippen LogP contribution in [0.3, 0.4) is 0 Å². The van der Waals surface area contributed by atoms with Crippen LogP contribution in [0.5, 0.6) is 0 Å². The van der Waals surface area contributed by atoms with Crippen LogP contribution in [0.1, 0.15) is 35.9 Å². The zero-order valence-corrected chi connectivity index (χ0v) is 7.70. The highest BCUT2D eigenvalue weighted by Crippen LogP contribution is 2.20. The van der Waals surface area contributed by atoms with E-state index in [0.717, 1.165) is 0 Å². The van der Waals surface area contributed by atoms with Gasteiger partial charge in [0.05, 0.1) is 5.69 Å². The highest BCUT2D eigenvalue weighted by molar-refractivity contribution is 5.83. The Morgan fingerprint density at radius 1 is 1.64 bits per heavy atom. The first-order valence-corrected chi connectivity index (χ1v) is 3.82. The summed E-state index contributed by atoms with van der Waals surface area (Å²) in [5, 5.41) is 26.8. The molecule has 74 valence electrons. The zero-order chi connectivity index (χ0) is 10.9. The molecule has 0 fully saturated rings. The number of nitrogens with zero attached hydrogens (tertiary/aromatic N) is 2. The van der Waals surface area contributed by atoms with E-state index >= 15 is 0 Å². The molecule has 6 heteroatoms. The molecular formula is C8H9N3O3. The minimum absolute atomic E-state index is 0.102. The van der Waals surface area contributed by atoms with Gasteiger partial charge in [-0.2, -0.15) is 5.26 Å². The maximum Gasteiger partial charge on any atom is 0.371 e. The average molecular weight is 195 g/mol. The average Bonchev–Trinajstić information content (AvgIpc) is 2.46. The predicted octanol–water partition coefficient (Wildman–Crippen LogP) is 0.207. The summed E-state index contributed by atoms with van der Waals surface area (Å²) < 4.78 is 0. The van der Waals surface area contributed by atoms with Crippen molar-refractivity contribution in [3.8, 4) is 6.07 Å². The second-order valence-corrected chi connectivity index (χ2v) is 3.28. The SMILES string of the molecule is CC(C)(O)c1[nH]c(C(=O)O)nc1C#N. The summed E-state index contributed by atoms with van der Waals surface area (Å²) in [6.07, 6.45) is 0. The fourth-order valence-corrected chi connectivity index (χ4v) is 0.998. The number of carboxylic acids is 1. The zero-order valence-electron chi connectivity index (χ0n) is 7.70. The topological polar surface area (TPSA) is 110 Å². The summed E-state index contributed by atoms with van der Waals surface area (Å²) in [6, 6.07) is 1.71. The molecule has 0 unspecified atom stereocenters. The highest BCUT2D eigenvalue weighted by atomic mass is 16.4. The van der Waals surface area contributed by atoms with E-state index in [0.29, 0.717) is 0 Å². The van der Waals surface area contributed by atoms with Gasteiger partial charge in [0.2, 0.25) is 5.82 Å². The maximum absolute atomic E-state index is 10.5. The number of aromatic amines is 1. The summed E-state index contributed by atoms with van der Waals surface area (Å²) in [7, 11) is 0. The third-order valence-corrected chi connectivity index (χ3v) is 1.62. The number of nitriles is 1. The second kappa shape index (κ2) is 3.12. The molecule has 0 aromatic carbocycles. The van der Waals surface area contributed by atoms with Gasteiger partial charge in [0.15, 0.2) is 5.69 Å². The number of imidazole rings is 1. The van der Waals surface area contributed by atoms with Crippen molar-refractivity contribution in [2.24, 2.45) is 0 Å². The van der Waals surface area contributed by atoms with Gasteiger partial charge < -0.3 is 15.2 Å². The molecule has 0 spiro atoms. The summed E-state index contributed by atoms with van der Waals surface area (Å²) in [6.45, 7) is 2.87. The Labute approximate surface area is 79.8 Å². The van der Waals surface area contributed by atoms with Crippen molar-refractivity contribution in [3.63, 3.8) is 0 Å². The first kappa shape index (κ1) is 10.2. The largest absolute Gasteiger partial charge is 0.475 e. The first-order valence-electron chi connectivity index (χ1n) is 3.82. The van der Waals surface area contributed by atoms with Crippen LogP contribution in [0.2, 0.25) is 0 Å². The molecule has 0 radical (unpaired) electrons. The van der Waals surface area contributed by atoms with Crippen molar-refractivity contribution < 1.29 is 15.0 Å². The monoisotopic (exact) mass is 195 g/mol. The molecule has 0 atom stereocenters. The van der Waals surface area contributed by atoms with Crippen molar-refractivity contribution in [1.82, 2.24) is 9.97 Å². The Kier molecular flexibility index (Phi) is 2.28. The third-order valence-electron chi connectivity index (χ3n) is 1.62. The van der Waals surface area contributed by atoms with Gasteiger partial charge in [0, 0.05) is 0 Å². The molecule has 0 aliphatic heterocycles. The molecule has 1 aromatic rings. The Balaban J connectivity index is 3.31. The van der Waals surface area contributed by atoms with Crippen molar-refractivity contribution >= 4 is 5.97 Å². The third kappa shape index (κ3) is 1.72. The van der Waals surface area contributed by atoms with Crippen LogP contribution in [0.25, 0.3) is 0 Å². The number of nitrogens with one attached hydrogen (secondary N) is 1. The number of aromatic carboxylic acids is 1. The molecule has 0 bridgehead atoms.